The van der Waals surface area contributed by atoms with Crippen molar-refractivity contribution in [3.63, 3.8) is 0 Å². The molecule has 0 radical (unpaired) electrons. The quantitative estimate of drug-likeness (QED) is 0.0511. The van der Waals surface area contributed by atoms with Gasteiger partial charge < -0.3 is 49.0 Å². The summed E-state index contributed by atoms with van der Waals surface area (Å²) in [7, 11) is 0. The molecule has 0 saturated heterocycles. The second-order valence-corrected chi connectivity index (χ2v) is 9.17. The predicted octanol–water partition coefficient (Wildman–Crippen LogP) is -2.82. The van der Waals surface area contributed by atoms with E-state index < -0.39 is 53.8 Å². The largest absolute Gasteiger partial charge is 0.480 e. The Hall–Kier alpha value is -4.21. The maximum atomic E-state index is 13.3. The summed E-state index contributed by atoms with van der Waals surface area (Å²) >= 11 is 0. The van der Waals surface area contributed by atoms with Crippen molar-refractivity contribution in [1.29, 1.82) is 0 Å². The van der Waals surface area contributed by atoms with Crippen LogP contribution in [-0.2, 0) is 30.4 Å². The predicted molar refractivity (Wildman–Crippen MR) is 141 cm³/mol. The lowest BCUT2D eigenvalue weighted by atomic mass is 9.96. The molecule has 5 unspecified atom stereocenters. The minimum atomic E-state index is -1.27. The number of nitrogens with zero attached hydrogens (tertiary/aromatic N) is 2. The van der Waals surface area contributed by atoms with Crippen LogP contribution < -0.4 is 38.9 Å². The smallest absolute Gasteiger partial charge is 0.326 e. The van der Waals surface area contributed by atoms with Crippen LogP contribution in [0.5, 0.6) is 0 Å². The van der Waals surface area contributed by atoms with Gasteiger partial charge in [0.05, 0.1) is 12.4 Å². The average Bonchev–Trinajstić information content (AvgIpc) is 3.39. The maximum Gasteiger partial charge on any atom is 0.326 e. The molecule has 5 atom stereocenters. The summed E-state index contributed by atoms with van der Waals surface area (Å²) in [6.07, 6.45) is 3.55. The van der Waals surface area contributed by atoms with Crippen LogP contribution in [0.1, 0.15) is 51.6 Å². The molecule has 13 N–H and O–H groups in total. The van der Waals surface area contributed by atoms with Crippen molar-refractivity contribution in [1.82, 2.24) is 25.9 Å². The van der Waals surface area contributed by atoms with Gasteiger partial charge in [-0.3, -0.25) is 24.2 Å². The van der Waals surface area contributed by atoms with E-state index in [1.54, 1.807) is 6.92 Å². The number of aromatic nitrogens is 2. The van der Waals surface area contributed by atoms with Crippen LogP contribution in [0.3, 0.4) is 0 Å². The number of aliphatic imine (C=N–C) groups is 1. The third-order valence-electron chi connectivity index (χ3n) is 6.00. The fourth-order valence-electron chi connectivity index (χ4n) is 3.51. The summed E-state index contributed by atoms with van der Waals surface area (Å²) < 4.78 is 0. The Kier molecular flexibility index (Phi) is 14.0. The fraction of sp³-hybridized carbons (Fsp3) is 0.609. The molecule has 218 valence electrons. The maximum absolute atomic E-state index is 13.3. The van der Waals surface area contributed by atoms with Crippen molar-refractivity contribution in [3.05, 3.63) is 18.2 Å². The molecule has 16 heteroatoms. The first-order chi connectivity index (χ1) is 18.3. The number of carbonyl (C=O) groups excluding carboxylic acids is 4. The minimum absolute atomic E-state index is 0.000623. The number of carboxylic acid groups (broad SMARTS) is 1. The number of imidazole rings is 1. The molecule has 1 aromatic rings. The number of hydrogen-bond donors (Lipinski definition) is 9. The van der Waals surface area contributed by atoms with Gasteiger partial charge in [-0.25, -0.2) is 9.78 Å². The Morgan fingerprint density at radius 2 is 1.69 bits per heavy atom. The van der Waals surface area contributed by atoms with Crippen LogP contribution in [-0.4, -0.2) is 81.3 Å². The number of amides is 4. The van der Waals surface area contributed by atoms with Crippen LogP contribution in [0.25, 0.3) is 0 Å². The zero-order chi connectivity index (χ0) is 29.5. The Bertz CT molecular complexity index is 996. The van der Waals surface area contributed by atoms with Gasteiger partial charge in [0.15, 0.2) is 5.96 Å². The van der Waals surface area contributed by atoms with Crippen molar-refractivity contribution >= 4 is 35.6 Å². The number of nitrogens with one attached hydrogen (secondary N) is 4. The van der Waals surface area contributed by atoms with E-state index in [1.165, 1.54) is 12.5 Å². The normalized spacial score (nSPS) is 14.6. The molecule has 0 fully saturated rings. The highest BCUT2D eigenvalue weighted by molar-refractivity contribution is 5.94. The monoisotopic (exact) mass is 552 g/mol. The first-order valence-electron chi connectivity index (χ1n) is 12.6. The summed E-state index contributed by atoms with van der Waals surface area (Å²) in [5.41, 5.74) is 22.0. The second kappa shape index (κ2) is 16.6. The highest BCUT2D eigenvalue weighted by Gasteiger charge is 2.32. The number of carboxylic acids is 1. The SMILES string of the molecule is CCC(C)C(NC(=O)C(N)CCC(N)=O)C(=O)NC(Cc1cnc[nH]1)C(=O)NC(CCCN=C(N)N)C(=O)O. The Morgan fingerprint density at radius 3 is 2.23 bits per heavy atom. The standard InChI is InChI=1S/C23H40N10O6/c1-3-12(2)18(33-19(35)14(24)6-7-17(25)34)21(37)32-16(9-13-10-28-11-30-13)20(36)31-15(22(38)39)5-4-8-29-23(26)27/h10-12,14-16,18H,3-9,24H2,1-2H3,(H2,25,34)(H,28,30)(H,31,36)(H,32,37)(H,33,35)(H,38,39)(H4,26,27,29). The average molecular weight is 553 g/mol. The lowest BCUT2D eigenvalue weighted by Crippen LogP contribution is -2.59. The highest BCUT2D eigenvalue weighted by atomic mass is 16.4. The van der Waals surface area contributed by atoms with Gasteiger partial charge in [0.25, 0.3) is 0 Å². The highest BCUT2D eigenvalue weighted by Crippen LogP contribution is 2.11. The lowest BCUT2D eigenvalue weighted by Gasteiger charge is -2.28. The van der Waals surface area contributed by atoms with Gasteiger partial charge in [-0.15, -0.1) is 0 Å². The van der Waals surface area contributed by atoms with Gasteiger partial charge in [0.2, 0.25) is 23.6 Å². The van der Waals surface area contributed by atoms with Crippen molar-refractivity contribution in [3.8, 4) is 0 Å². The number of guanidine groups is 1. The zero-order valence-electron chi connectivity index (χ0n) is 22.2. The van der Waals surface area contributed by atoms with Crippen molar-refractivity contribution in [2.75, 3.05) is 6.54 Å². The third kappa shape index (κ3) is 12.3. The summed E-state index contributed by atoms with van der Waals surface area (Å²) in [6, 6.07) is -4.60. The number of nitrogens with two attached hydrogens (primary N) is 4. The van der Waals surface area contributed by atoms with E-state index >= 15 is 0 Å². The van der Waals surface area contributed by atoms with Crippen LogP contribution in [0.2, 0.25) is 0 Å². The van der Waals surface area contributed by atoms with Crippen LogP contribution in [0.15, 0.2) is 17.5 Å². The van der Waals surface area contributed by atoms with E-state index in [2.05, 4.69) is 30.9 Å². The van der Waals surface area contributed by atoms with E-state index in [1.807, 2.05) is 6.92 Å². The van der Waals surface area contributed by atoms with Gasteiger partial charge >= 0.3 is 5.97 Å². The van der Waals surface area contributed by atoms with Gasteiger partial charge in [-0.05, 0) is 25.2 Å². The molecule has 0 aliphatic carbocycles. The molecule has 1 rings (SSSR count). The van der Waals surface area contributed by atoms with E-state index in [0.29, 0.717) is 12.1 Å². The molecule has 4 amide bonds. The summed E-state index contributed by atoms with van der Waals surface area (Å²) in [4.78, 5) is 72.4. The Balaban J connectivity index is 3.04. The van der Waals surface area contributed by atoms with Gasteiger partial charge in [-0.2, -0.15) is 0 Å². The molecule has 16 nitrogen and oxygen atoms in total. The van der Waals surface area contributed by atoms with Crippen LogP contribution in [0.4, 0.5) is 0 Å². The molecule has 0 aliphatic rings. The summed E-state index contributed by atoms with van der Waals surface area (Å²) in [5, 5.41) is 17.2. The Morgan fingerprint density at radius 1 is 1.03 bits per heavy atom. The molecule has 1 heterocycles. The topological polar surface area (TPSA) is 287 Å². The number of H-pyrrole nitrogens is 1. The number of hydrogen-bond acceptors (Lipinski definition) is 8. The molecule has 0 saturated carbocycles. The molecule has 0 aliphatic heterocycles. The fourth-order valence-corrected chi connectivity index (χ4v) is 3.51. The first kappa shape index (κ1) is 32.8. The molecular formula is C23H40N10O6. The third-order valence-corrected chi connectivity index (χ3v) is 6.00. The minimum Gasteiger partial charge on any atom is -0.480 e. The second-order valence-electron chi connectivity index (χ2n) is 9.17. The van der Waals surface area contributed by atoms with E-state index in [-0.39, 0.29) is 50.5 Å². The summed E-state index contributed by atoms with van der Waals surface area (Å²) in [5.74, 6) is -4.44. The lowest BCUT2D eigenvalue weighted by molar-refractivity contribution is -0.142. The zero-order valence-corrected chi connectivity index (χ0v) is 22.2. The molecule has 0 aromatic carbocycles. The number of carbonyl (C=O) groups is 5. The molecule has 0 bridgehead atoms. The number of primary amides is 1. The number of aliphatic carboxylic acids is 1. The van der Waals surface area contributed by atoms with Gasteiger partial charge in [0, 0.05) is 31.3 Å². The van der Waals surface area contributed by atoms with E-state index in [0.717, 1.165) is 0 Å². The van der Waals surface area contributed by atoms with Crippen molar-refractivity contribution < 1.29 is 29.1 Å². The molecule has 1 aromatic heterocycles. The molecule has 39 heavy (non-hydrogen) atoms. The molecule has 0 spiro atoms. The van der Waals surface area contributed by atoms with E-state index in [4.69, 9.17) is 22.9 Å². The van der Waals surface area contributed by atoms with Crippen LogP contribution >= 0.6 is 0 Å². The van der Waals surface area contributed by atoms with Crippen molar-refractivity contribution in [2.45, 2.75) is 76.5 Å². The number of rotatable bonds is 18. The number of aromatic amines is 1. The van der Waals surface area contributed by atoms with Gasteiger partial charge in [-0.1, -0.05) is 20.3 Å². The van der Waals surface area contributed by atoms with Gasteiger partial charge in [0.1, 0.15) is 18.1 Å². The Labute approximate surface area is 226 Å². The molecular weight excluding hydrogens is 512 g/mol. The van der Waals surface area contributed by atoms with E-state index in [9.17, 15) is 29.1 Å². The first-order valence-corrected chi connectivity index (χ1v) is 12.6. The summed E-state index contributed by atoms with van der Waals surface area (Å²) in [6.45, 7) is 3.73. The van der Waals surface area contributed by atoms with Crippen LogP contribution in [0, 0.1) is 5.92 Å². The van der Waals surface area contributed by atoms with Crippen molar-refractivity contribution in [2.24, 2.45) is 33.8 Å².